The number of nitrogens with zero attached hydrogens (tertiary/aromatic N) is 2. The predicted molar refractivity (Wildman–Crippen MR) is 127 cm³/mol. The zero-order valence-corrected chi connectivity index (χ0v) is 18.7. The highest BCUT2D eigenvalue weighted by Crippen LogP contribution is 2.45. The second-order valence-corrected chi connectivity index (χ2v) is 9.86. The minimum Gasteiger partial charge on any atom is -0.474 e. The predicted octanol–water partition coefficient (Wildman–Crippen LogP) is 6.71. The molecule has 1 atom stereocenters. The molecule has 1 aromatic carbocycles. The third-order valence-corrected chi connectivity index (χ3v) is 7.67. The number of aliphatic imine (C=N–C) groups is 1. The molecule has 0 unspecified atom stereocenters. The van der Waals surface area contributed by atoms with Crippen molar-refractivity contribution in [2.24, 2.45) is 16.8 Å². The molecule has 1 aromatic heterocycles. The molecule has 1 aliphatic heterocycles. The van der Waals surface area contributed by atoms with Gasteiger partial charge < -0.3 is 4.74 Å². The van der Waals surface area contributed by atoms with Gasteiger partial charge in [-0.25, -0.2) is 9.98 Å². The molecule has 3 heteroatoms. The third-order valence-electron chi connectivity index (χ3n) is 7.67. The van der Waals surface area contributed by atoms with E-state index in [2.05, 4.69) is 48.5 Å². The fourth-order valence-electron chi connectivity index (χ4n) is 6.16. The van der Waals surface area contributed by atoms with Crippen LogP contribution in [0.5, 0.6) is 0 Å². The zero-order valence-electron chi connectivity index (χ0n) is 18.7. The lowest BCUT2D eigenvalue weighted by Crippen LogP contribution is -2.26. The molecule has 2 aromatic rings. The first-order valence-electron chi connectivity index (χ1n) is 12.6. The van der Waals surface area contributed by atoms with E-state index in [-0.39, 0.29) is 6.04 Å². The summed E-state index contributed by atoms with van der Waals surface area (Å²) in [5.74, 6) is 2.96. The van der Waals surface area contributed by atoms with Crippen molar-refractivity contribution >= 4 is 5.90 Å². The fourth-order valence-corrected chi connectivity index (χ4v) is 6.16. The lowest BCUT2D eigenvalue weighted by molar-refractivity contribution is 0.199. The average Bonchev–Trinajstić information content (AvgIpc) is 3.30. The largest absolute Gasteiger partial charge is 0.474 e. The van der Waals surface area contributed by atoms with Crippen molar-refractivity contribution in [1.82, 2.24) is 4.98 Å². The van der Waals surface area contributed by atoms with Gasteiger partial charge in [0, 0.05) is 11.6 Å². The van der Waals surface area contributed by atoms with Crippen LogP contribution in [0.4, 0.5) is 0 Å². The SMILES string of the molecule is c1ccc(C[C@H]2COC(c3cccc(C(C4CCCCC4)C4CCCCC4)n3)=N2)cc1. The summed E-state index contributed by atoms with van der Waals surface area (Å²) >= 11 is 0. The van der Waals surface area contributed by atoms with Crippen LogP contribution < -0.4 is 0 Å². The highest BCUT2D eigenvalue weighted by Gasteiger charge is 2.34. The molecular weight excluding hydrogens is 380 g/mol. The molecule has 0 radical (unpaired) electrons. The Kier molecular flexibility index (Phi) is 6.67. The van der Waals surface area contributed by atoms with E-state index in [0.717, 1.165) is 29.8 Å². The Hall–Kier alpha value is -2.16. The Morgan fingerprint density at radius 3 is 2.13 bits per heavy atom. The Labute approximate surface area is 187 Å². The first-order valence-corrected chi connectivity index (χ1v) is 12.6. The number of benzene rings is 1. The molecule has 2 saturated carbocycles. The third kappa shape index (κ3) is 5.02. The molecule has 0 bridgehead atoms. The van der Waals surface area contributed by atoms with Gasteiger partial charge in [-0.1, -0.05) is 74.9 Å². The normalized spacial score (nSPS) is 23.0. The number of aromatic nitrogens is 1. The topological polar surface area (TPSA) is 34.5 Å². The van der Waals surface area contributed by atoms with Crippen LogP contribution in [-0.2, 0) is 11.2 Å². The average molecular weight is 417 g/mol. The number of hydrogen-bond acceptors (Lipinski definition) is 3. The Morgan fingerprint density at radius 2 is 1.45 bits per heavy atom. The summed E-state index contributed by atoms with van der Waals surface area (Å²) in [6.07, 6.45) is 14.8. The maximum absolute atomic E-state index is 6.04. The summed E-state index contributed by atoms with van der Waals surface area (Å²) in [4.78, 5) is 10.1. The van der Waals surface area contributed by atoms with Gasteiger partial charge in [-0.15, -0.1) is 0 Å². The van der Waals surface area contributed by atoms with Crippen molar-refractivity contribution in [3.8, 4) is 0 Å². The van der Waals surface area contributed by atoms with E-state index in [1.165, 1.54) is 75.5 Å². The van der Waals surface area contributed by atoms with Gasteiger partial charge in [-0.2, -0.15) is 0 Å². The van der Waals surface area contributed by atoms with Gasteiger partial charge in [-0.3, -0.25) is 0 Å². The van der Waals surface area contributed by atoms with E-state index in [1.807, 2.05) is 0 Å². The molecule has 164 valence electrons. The van der Waals surface area contributed by atoms with Crippen molar-refractivity contribution < 1.29 is 4.74 Å². The second-order valence-electron chi connectivity index (χ2n) is 9.86. The van der Waals surface area contributed by atoms with Crippen LogP contribution >= 0.6 is 0 Å². The molecule has 3 nitrogen and oxygen atoms in total. The van der Waals surface area contributed by atoms with E-state index in [4.69, 9.17) is 14.7 Å². The molecule has 2 fully saturated rings. The Morgan fingerprint density at radius 1 is 0.774 bits per heavy atom. The van der Waals surface area contributed by atoms with Crippen LogP contribution in [0.15, 0.2) is 53.5 Å². The molecule has 2 heterocycles. The second kappa shape index (κ2) is 9.97. The summed E-state index contributed by atoms with van der Waals surface area (Å²) in [5, 5.41) is 0. The van der Waals surface area contributed by atoms with Gasteiger partial charge >= 0.3 is 0 Å². The van der Waals surface area contributed by atoms with E-state index >= 15 is 0 Å². The van der Waals surface area contributed by atoms with Crippen molar-refractivity contribution in [3.63, 3.8) is 0 Å². The van der Waals surface area contributed by atoms with Crippen molar-refractivity contribution in [2.75, 3.05) is 6.61 Å². The Balaban J connectivity index is 1.36. The van der Waals surface area contributed by atoms with E-state index in [0.29, 0.717) is 12.5 Å². The van der Waals surface area contributed by atoms with Gasteiger partial charge in [-0.05, 0) is 61.6 Å². The summed E-state index contributed by atoms with van der Waals surface area (Å²) in [6, 6.07) is 17.3. The van der Waals surface area contributed by atoms with E-state index in [1.54, 1.807) is 0 Å². The molecule has 0 spiro atoms. The van der Waals surface area contributed by atoms with Crippen LogP contribution in [0.2, 0.25) is 0 Å². The lowest BCUT2D eigenvalue weighted by atomic mass is 9.68. The monoisotopic (exact) mass is 416 g/mol. The van der Waals surface area contributed by atoms with Gasteiger partial charge in [0.25, 0.3) is 0 Å². The molecule has 0 amide bonds. The lowest BCUT2D eigenvalue weighted by Gasteiger charge is -2.37. The molecule has 5 rings (SSSR count). The van der Waals surface area contributed by atoms with Crippen LogP contribution in [0.1, 0.15) is 87.1 Å². The van der Waals surface area contributed by atoms with Crippen molar-refractivity contribution in [3.05, 3.63) is 65.5 Å². The maximum Gasteiger partial charge on any atom is 0.235 e. The minimum absolute atomic E-state index is 0.190. The summed E-state index contributed by atoms with van der Waals surface area (Å²) < 4.78 is 6.04. The quantitative estimate of drug-likeness (QED) is 0.524. The van der Waals surface area contributed by atoms with E-state index in [9.17, 15) is 0 Å². The summed E-state index contributed by atoms with van der Waals surface area (Å²) in [7, 11) is 0. The van der Waals surface area contributed by atoms with Gasteiger partial charge in [0.2, 0.25) is 5.90 Å². The van der Waals surface area contributed by atoms with Crippen molar-refractivity contribution in [2.45, 2.75) is 82.6 Å². The van der Waals surface area contributed by atoms with Crippen LogP contribution in [-0.4, -0.2) is 23.5 Å². The first-order chi connectivity index (χ1) is 15.4. The molecule has 31 heavy (non-hydrogen) atoms. The number of ether oxygens (including phenoxy) is 1. The zero-order chi connectivity index (χ0) is 20.9. The Bertz CT molecular complexity index is 848. The van der Waals surface area contributed by atoms with Crippen LogP contribution in [0.3, 0.4) is 0 Å². The summed E-state index contributed by atoms with van der Waals surface area (Å²) in [6.45, 7) is 0.658. The standard InChI is InChI=1S/C28H36N2O/c1-4-11-21(12-5-1)19-24-20-31-28(29-24)26-18-10-17-25(30-26)27(22-13-6-2-7-14-22)23-15-8-3-9-16-23/h1,4-5,10-12,17-18,22-24,27H,2-3,6-9,13-16,19-20H2/t24-/m0/s1. The number of rotatable bonds is 6. The van der Waals surface area contributed by atoms with E-state index < -0.39 is 0 Å². The van der Waals surface area contributed by atoms with Gasteiger partial charge in [0.15, 0.2) is 0 Å². The van der Waals surface area contributed by atoms with Crippen LogP contribution in [0, 0.1) is 11.8 Å². The first kappa shape index (κ1) is 20.7. The van der Waals surface area contributed by atoms with Crippen LogP contribution in [0.25, 0.3) is 0 Å². The molecule has 0 saturated heterocycles. The van der Waals surface area contributed by atoms with Crippen molar-refractivity contribution in [1.29, 1.82) is 0 Å². The maximum atomic E-state index is 6.04. The molecule has 2 aliphatic carbocycles. The molecule has 3 aliphatic rings. The summed E-state index contributed by atoms with van der Waals surface area (Å²) in [5.41, 5.74) is 3.55. The highest BCUT2D eigenvalue weighted by atomic mass is 16.5. The molecule has 0 N–H and O–H groups in total. The number of pyridine rings is 1. The minimum atomic E-state index is 0.190. The number of hydrogen-bond donors (Lipinski definition) is 0. The smallest absolute Gasteiger partial charge is 0.235 e. The van der Waals surface area contributed by atoms with Gasteiger partial charge in [0.1, 0.15) is 12.3 Å². The molecular formula is C28H36N2O. The highest BCUT2D eigenvalue weighted by molar-refractivity contribution is 5.93. The fraction of sp³-hybridized carbons (Fsp3) is 0.571. The van der Waals surface area contributed by atoms with Gasteiger partial charge in [0.05, 0.1) is 6.04 Å².